The van der Waals surface area contributed by atoms with E-state index in [1.54, 1.807) is 18.1 Å². The second-order valence-corrected chi connectivity index (χ2v) is 4.64. The Bertz CT molecular complexity index is 627. The lowest BCUT2D eigenvalue weighted by Crippen LogP contribution is -2.37. The number of carbonyl (C=O) groups is 1. The van der Waals surface area contributed by atoms with Gasteiger partial charge in [0.15, 0.2) is 0 Å². The largest absolute Gasteiger partial charge is 0.341 e. The first-order chi connectivity index (χ1) is 10.2. The van der Waals surface area contributed by atoms with Crippen molar-refractivity contribution in [2.45, 2.75) is 13.8 Å². The number of aromatic nitrogens is 1. The highest BCUT2D eigenvalue weighted by Gasteiger charge is 2.12. The number of benzene rings is 1. The molecule has 0 aliphatic carbocycles. The topological polar surface area (TPSA) is 57.3 Å². The van der Waals surface area contributed by atoms with Crippen LogP contribution in [-0.4, -0.2) is 24.6 Å². The van der Waals surface area contributed by atoms with Crippen LogP contribution < -0.4 is 15.5 Å². The van der Waals surface area contributed by atoms with E-state index in [-0.39, 0.29) is 6.03 Å². The monoisotopic (exact) mass is 284 g/mol. The number of urea groups is 1. The van der Waals surface area contributed by atoms with Crippen LogP contribution >= 0.6 is 0 Å². The van der Waals surface area contributed by atoms with Crippen molar-refractivity contribution in [2.24, 2.45) is 0 Å². The summed E-state index contributed by atoms with van der Waals surface area (Å²) in [5, 5.41) is 5.93. The van der Waals surface area contributed by atoms with Crippen LogP contribution in [0.4, 0.5) is 22.0 Å². The molecule has 0 fully saturated rings. The van der Waals surface area contributed by atoms with E-state index >= 15 is 0 Å². The van der Waals surface area contributed by atoms with Crippen LogP contribution in [0, 0.1) is 6.92 Å². The highest BCUT2D eigenvalue weighted by atomic mass is 16.2. The van der Waals surface area contributed by atoms with Crippen molar-refractivity contribution in [3.8, 4) is 0 Å². The smallest absolute Gasteiger partial charge is 0.321 e. The van der Waals surface area contributed by atoms with Gasteiger partial charge in [0.05, 0.1) is 0 Å². The van der Waals surface area contributed by atoms with Crippen LogP contribution in [0.1, 0.15) is 12.5 Å². The quantitative estimate of drug-likeness (QED) is 0.905. The highest BCUT2D eigenvalue weighted by Crippen LogP contribution is 2.23. The van der Waals surface area contributed by atoms with Crippen molar-refractivity contribution in [1.82, 2.24) is 10.3 Å². The number of nitrogens with zero attached hydrogens (tertiary/aromatic N) is 2. The van der Waals surface area contributed by atoms with Crippen molar-refractivity contribution >= 4 is 23.2 Å². The van der Waals surface area contributed by atoms with Crippen LogP contribution in [0.15, 0.2) is 42.6 Å². The van der Waals surface area contributed by atoms with Crippen molar-refractivity contribution in [3.63, 3.8) is 0 Å². The number of pyridine rings is 1. The minimum atomic E-state index is -0.122. The molecular formula is C16H20N4O. The molecule has 0 aliphatic rings. The van der Waals surface area contributed by atoms with Gasteiger partial charge in [-0.3, -0.25) is 4.90 Å². The summed E-state index contributed by atoms with van der Waals surface area (Å²) in [4.78, 5) is 17.8. The summed E-state index contributed by atoms with van der Waals surface area (Å²) in [7, 11) is 1.63. The van der Waals surface area contributed by atoms with E-state index in [2.05, 4.69) is 15.6 Å². The number of anilines is 3. The fourth-order valence-corrected chi connectivity index (χ4v) is 2.08. The van der Waals surface area contributed by atoms with E-state index in [9.17, 15) is 4.79 Å². The Labute approximate surface area is 125 Å². The Kier molecular flexibility index (Phi) is 4.77. The average Bonchev–Trinajstić information content (AvgIpc) is 2.50. The predicted octanol–water partition coefficient (Wildman–Crippen LogP) is 3.30. The van der Waals surface area contributed by atoms with Crippen molar-refractivity contribution < 1.29 is 4.79 Å². The molecular weight excluding hydrogens is 264 g/mol. The standard InChI is InChI=1S/C16H20N4O/c1-4-20(16(21)17-3)14-9-5-8-13(11-14)19-15-12(2)7-6-10-18-15/h5-11H,4H2,1-3H3,(H,17,21)(H,18,19). The maximum Gasteiger partial charge on any atom is 0.321 e. The number of hydrogen-bond acceptors (Lipinski definition) is 3. The second kappa shape index (κ2) is 6.74. The number of amides is 2. The molecule has 110 valence electrons. The number of nitrogens with one attached hydrogen (secondary N) is 2. The van der Waals surface area contributed by atoms with Crippen molar-refractivity contribution in [2.75, 3.05) is 23.8 Å². The molecule has 1 aromatic carbocycles. The Morgan fingerprint density at radius 1 is 1.29 bits per heavy atom. The molecule has 0 unspecified atom stereocenters. The fraction of sp³-hybridized carbons (Fsp3) is 0.250. The molecule has 2 rings (SSSR count). The summed E-state index contributed by atoms with van der Waals surface area (Å²) in [6.45, 7) is 4.55. The van der Waals surface area contributed by atoms with Gasteiger partial charge in [-0.2, -0.15) is 0 Å². The fourth-order valence-electron chi connectivity index (χ4n) is 2.08. The van der Waals surface area contributed by atoms with Gasteiger partial charge in [-0.05, 0) is 43.7 Å². The second-order valence-electron chi connectivity index (χ2n) is 4.64. The number of aryl methyl sites for hydroxylation is 1. The Morgan fingerprint density at radius 3 is 2.76 bits per heavy atom. The van der Waals surface area contributed by atoms with E-state index in [1.807, 2.05) is 50.2 Å². The Morgan fingerprint density at radius 2 is 2.10 bits per heavy atom. The SMILES string of the molecule is CCN(C(=O)NC)c1cccc(Nc2ncccc2C)c1. The predicted molar refractivity (Wildman–Crippen MR) is 86.2 cm³/mol. The first-order valence-electron chi connectivity index (χ1n) is 6.93. The zero-order chi connectivity index (χ0) is 15.2. The van der Waals surface area contributed by atoms with Gasteiger partial charge in [0.1, 0.15) is 5.82 Å². The molecule has 5 nitrogen and oxygen atoms in total. The minimum Gasteiger partial charge on any atom is -0.341 e. The van der Waals surface area contributed by atoms with Crippen LogP contribution in [-0.2, 0) is 0 Å². The molecule has 0 saturated carbocycles. The third-order valence-electron chi connectivity index (χ3n) is 3.21. The molecule has 21 heavy (non-hydrogen) atoms. The number of carbonyl (C=O) groups excluding carboxylic acids is 1. The maximum absolute atomic E-state index is 11.8. The van der Waals surface area contributed by atoms with Gasteiger partial charge in [-0.15, -0.1) is 0 Å². The zero-order valence-electron chi connectivity index (χ0n) is 12.6. The van der Waals surface area contributed by atoms with E-state index in [1.165, 1.54) is 0 Å². The summed E-state index contributed by atoms with van der Waals surface area (Å²) in [6.07, 6.45) is 1.75. The molecule has 0 spiro atoms. The van der Waals surface area contributed by atoms with Crippen molar-refractivity contribution in [1.29, 1.82) is 0 Å². The first-order valence-corrected chi connectivity index (χ1v) is 6.93. The van der Waals surface area contributed by atoms with Crippen molar-refractivity contribution in [3.05, 3.63) is 48.2 Å². The Hall–Kier alpha value is -2.56. The summed E-state index contributed by atoms with van der Waals surface area (Å²) in [5.74, 6) is 0.817. The van der Waals surface area contributed by atoms with Crippen LogP contribution in [0.3, 0.4) is 0 Å². The maximum atomic E-state index is 11.8. The highest BCUT2D eigenvalue weighted by molar-refractivity contribution is 5.92. The third-order valence-corrected chi connectivity index (χ3v) is 3.21. The van der Waals surface area contributed by atoms with Gasteiger partial charge in [-0.1, -0.05) is 12.1 Å². The van der Waals surface area contributed by atoms with Crippen LogP contribution in [0.25, 0.3) is 0 Å². The first kappa shape index (κ1) is 14.8. The zero-order valence-corrected chi connectivity index (χ0v) is 12.6. The lowest BCUT2D eigenvalue weighted by atomic mass is 10.2. The molecule has 2 N–H and O–H groups in total. The summed E-state index contributed by atoms with van der Waals surface area (Å²) in [6, 6.07) is 11.5. The molecule has 0 saturated heterocycles. The van der Waals surface area contributed by atoms with E-state index in [4.69, 9.17) is 0 Å². The Balaban J connectivity index is 2.25. The molecule has 2 amide bonds. The van der Waals surface area contributed by atoms with E-state index in [0.29, 0.717) is 6.54 Å². The third kappa shape index (κ3) is 3.51. The molecule has 2 aromatic rings. The van der Waals surface area contributed by atoms with Gasteiger partial charge in [0.25, 0.3) is 0 Å². The molecule has 5 heteroatoms. The number of hydrogen-bond donors (Lipinski definition) is 2. The summed E-state index contributed by atoms with van der Waals surface area (Å²) >= 11 is 0. The van der Waals surface area contributed by atoms with Crippen LogP contribution in [0.2, 0.25) is 0 Å². The van der Waals surface area contributed by atoms with E-state index in [0.717, 1.165) is 22.8 Å². The molecule has 0 atom stereocenters. The summed E-state index contributed by atoms with van der Waals surface area (Å²) < 4.78 is 0. The van der Waals surface area contributed by atoms with Gasteiger partial charge in [-0.25, -0.2) is 9.78 Å². The molecule has 0 bridgehead atoms. The summed E-state index contributed by atoms with van der Waals surface area (Å²) in [5.41, 5.74) is 2.81. The lowest BCUT2D eigenvalue weighted by molar-refractivity contribution is 0.248. The number of rotatable bonds is 4. The normalized spacial score (nSPS) is 10.0. The van der Waals surface area contributed by atoms with Gasteiger partial charge >= 0.3 is 6.03 Å². The molecule has 0 aliphatic heterocycles. The molecule has 1 heterocycles. The molecule has 0 radical (unpaired) electrons. The van der Waals surface area contributed by atoms with Gasteiger partial charge < -0.3 is 10.6 Å². The lowest BCUT2D eigenvalue weighted by Gasteiger charge is -2.21. The van der Waals surface area contributed by atoms with Gasteiger partial charge in [0.2, 0.25) is 0 Å². The van der Waals surface area contributed by atoms with Gasteiger partial charge in [0, 0.05) is 31.2 Å². The van der Waals surface area contributed by atoms with E-state index < -0.39 is 0 Å². The molecule has 1 aromatic heterocycles. The van der Waals surface area contributed by atoms with Crippen LogP contribution in [0.5, 0.6) is 0 Å². The minimum absolute atomic E-state index is 0.122. The average molecular weight is 284 g/mol.